The maximum Gasteiger partial charge on any atom is 0.480 e. The maximum atomic E-state index is 6.17. The first-order chi connectivity index (χ1) is 8.24. The molecular formula is C12H20BN3O2. The second-order valence-electron chi connectivity index (χ2n) is 5.63. The minimum atomic E-state index is -0.513. The van der Waals surface area contributed by atoms with E-state index in [9.17, 15) is 0 Å². The Labute approximate surface area is 108 Å². The van der Waals surface area contributed by atoms with Crippen LogP contribution in [-0.2, 0) is 9.31 Å². The van der Waals surface area contributed by atoms with E-state index in [-0.39, 0.29) is 0 Å². The van der Waals surface area contributed by atoms with E-state index in [1.165, 1.54) is 0 Å². The van der Waals surface area contributed by atoms with Crippen LogP contribution in [0.25, 0.3) is 0 Å². The average molecular weight is 249 g/mol. The van der Waals surface area contributed by atoms with E-state index in [0.29, 0.717) is 5.82 Å². The number of pyridine rings is 1. The summed E-state index contributed by atoms with van der Waals surface area (Å²) in [7, 11) is -0.513. The van der Waals surface area contributed by atoms with Gasteiger partial charge < -0.3 is 20.8 Å². The third-order valence-corrected chi connectivity index (χ3v) is 3.80. The Morgan fingerprint density at radius 3 is 2.28 bits per heavy atom. The molecule has 98 valence electrons. The summed E-state index contributed by atoms with van der Waals surface area (Å²) >= 11 is 0. The SMILES string of the molecule is CC1(C)OB(C(N)c2cccnc2N)OC1(C)C. The van der Waals surface area contributed by atoms with Crippen molar-refractivity contribution in [1.82, 2.24) is 4.98 Å². The van der Waals surface area contributed by atoms with Gasteiger partial charge in [0.1, 0.15) is 5.82 Å². The molecule has 1 atom stereocenters. The zero-order valence-electron chi connectivity index (χ0n) is 11.3. The summed E-state index contributed by atoms with van der Waals surface area (Å²) in [5, 5.41) is 0. The number of nitrogens with zero attached hydrogens (tertiary/aromatic N) is 1. The van der Waals surface area contributed by atoms with E-state index in [1.54, 1.807) is 12.3 Å². The summed E-state index contributed by atoms with van der Waals surface area (Å²) in [5.41, 5.74) is 11.9. The third-order valence-electron chi connectivity index (χ3n) is 3.80. The standard InChI is InChI=1S/C12H20BN3O2/c1-11(2)12(3,4)18-13(17-11)9(14)8-6-5-7-16-10(8)15/h5-7,9H,14H2,1-4H3,(H2,15,16). The average Bonchev–Trinajstić information content (AvgIpc) is 2.48. The molecule has 1 aliphatic rings. The van der Waals surface area contributed by atoms with Crippen LogP contribution in [0.2, 0.25) is 0 Å². The quantitative estimate of drug-likeness (QED) is 0.771. The van der Waals surface area contributed by atoms with Gasteiger partial charge in [0.15, 0.2) is 0 Å². The highest BCUT2D eigenvalue weighted by atomic mass is 16.7. The van der Waals surface area contributed by atoms with Crippen LogP contribution in [0, 0.1) is 0 Å². The van der Waals surface area contributed by atoms with E-state index in [2.05, 4.69) is 4.98 Å². The molecule has 0 amide bonds. The molecule has 1 unspecified atom stereocenters. The van der Waals surface area contributed by atoms with Gasteiger partial charge in [-0.15, -0.1) is 0 Å². The first-order valence-corrected chi connectivity index (χ1v) is 6.06. The van der Waals surface area contributed by atoms with Crippen LogP contribution in [0.3, 0.4) is 0 Å². The third kappa shape index (κ3) is 2.11. The van der Waals surface area contributed by atoms with Crippen LogP contribution in [0.1, 0.15) is 39.2 Å². The summed E-state index contributed by atoms with van der Waals surface area (Å²) in [4.78, 5) is 4.03. The van der Waals surface area contributed by atoms with Crippen molar-refractivity contribution in [3.63, 3.8) is 0 Å². The molecule has 0 aromatic carbocycles. The molecule has 2 rings (SSSR count). The Bertz CT molecular complexity index is 435. The molecule has 6 heteroatoms. The van der Waals surface area contributed by atoms with Crippen molar-refractivity contribution in [2.45, 2.75) is 44.8 Å². The summed E-state index contributed by atoms with van der Waals surface area (Å²) < 4.78 is 11.8. The number of rotatable bonds is 2. The number of anilines is 1. The van der Waals surface area contributed by atoms with Gasteiger partial charge in [0, 0.05) is 11.8 Å². The van der Waals surface area contributed by atoms with E-state index in [0.717, 1.165) is 5.56 Å². The minimum absolute atomic E-state index is 0.397. The lowest BCUT2D eigenvalue weighted by Crippen LogP contribution is -2.41. The molecule has 1 aromatic rings. The molecule has 5 nitrogen and oxygen atoms in total. The summed E-state index contributed by atoms with van der Waals surface area (Å²) in [5.74, 6) is -0.0283. The van der Waals surface area contributed by atoms with Crippen LogP contribution in [0.4, 0.5) is 5.82 Å². The predicted octanol–water partition coefficient (Wildman–Crippen LogP) is 1.30. The molecule has 0 bridgehead atoms. The van der Waals surface area contributed by atoms with Gasteiger partial charge in [-0.05, 0) is 33.8 Å². The summed E-state index contributed by atoms with van der Waals surface area (Å²) in [6, 6.07) is 3.65. The lowest BCUT2D eigenvalue weighted by Gasteiger charge is -2.32. The van der Waals surface area contributed by atoms with Gasteiger partial charge in [-0.25, -0.2) is 4.98 Å². The van der Waals surface area contributed by atoms with Crippen molar-refractivity contribution < 1.29 is 9.31 Å². The van der Waals surface area contributed by atoms with Crippen LogP contribution < -0.4 is 11.5 Å². The van der Waals surface area contributed by atoms with Crippen molar-refractivity contribution in [2.75, 3.05) is 5.73 Å². The molecule has 1 saturated heterocycles. The molecule has 1 fully saturated rings. The van der Waals surface area contributed by atoms with E-state index in [1.807, 2.05) is 33.8 Å². The van der Waals surface area contributed by atoms with E-state index < -0.39 is 24.3 Å². The second-order valence-corrected chi connectivity index (χ2v) is 5.63. The second kappa shape index (κ2) is 4.22. The first-order valence-electron chi connectivity index (χ1n) is 6.06. The largest absolute Gasteiger partial charge is 0.480 e. The number of nitrogen functional groups attached to an aromatic ring is 1. The highest BCUT2D eigenvalue weighted by Crippen LogP contribution is 2.39. The van der Waals surface area contributed by atoms with Gasteiger partial charge in [0.25, 0.3) is 0 Å². The van der Waals surface area contributed by atoms with Crippen LogP contribution >= 0.6 is 0 Å². The van der Waals surface area contributed by atoms with Crippen molar-refractivity contribution in [3.05, 3.63) is 23.9 Å². The molecule has 0 saturated carbocycles. The van der Waals surface area contributed by atoms with Gasteiger partial charge in [-0.2, -0.15) is 0 Å². The number of aromatic nitrogens is 1. The molecular weight excluding hydrogens is 229 g/mol. The van der Waals surface area contributed by atoms with E-state index in [4.69, 9.17) is 20.8 Å². The fourth-order valence-corrected chi connectivity index (χ4v) is 1.89. The van der Waals surface area contributed by atoms with Crippen molar-refractivity contribution in [3.8, 4) is 0 Å². The topological polar surface area (TPSA) is 83.4 Å². The van der Waals surface area contributed by atoms with Gasteiger partial charge in [0.05, 0.1) is 17.1 Å². The molecule has 1 aliphatic heterocycles. The fourth-order valence-electron chi connectivity index (χ4n) is 1.89. The highest BCUT2D eigenvalue weighted by molar-refractivity contribution is 6.47. The van der Waals surface area contributed by atoms with Crippen LogP contribution in [0.5, 0.6) is 0 Å². The van der Waals surface area contributed by atoms with Gasteiger partial charge in [-0.3, -0.25) is 0 Å². The van der Waals surface area contributed by atoms with Crippen molar-refractivity contribution >= 4 is 12.9 Å². The molecule has 0 radical (unpaired) electrons. The first kappa shape index (κ1) is 13.3. The summed E-state index contributed by atoms with van der Waals surface area (Å²) in [6.07, 6.45) is 1.63. The highest BCUT2D eigenvalue weighted by Gasteiger charge is 2.53. The normalized spacial score (nSPS) is 23.1. The Balaban J connectivity index is 2.23. The van der Waals surface area contributed by atoms with Crippen molar-refractivity contribution in [1.29, 1.82) is 0 Å². The minimum Gasteiger partial charge on any atom is -0.402 e. The number of hydrogen-bond donors (Lipinski definition) is 2. The Morgan fingerprint density at radius 1 is 1.22 bits per heavy atom. The van der Waals surface area contributed by atoms with Gasteiger partial charge in [-0.1, -0.05) is 6.07 Å². The Hall–Kier alpha value is -1.11. The zero-order chi connectivity index (χ0) is 13.6. The van der Waals surface area contributed by atoms with Crippen molar-refractivity contribution in [2.24, 2.45) is 5.73 Å². The molecule has 4 N–H and O–H groups in total. The zero-order valence-corrected chi connectivity index (χ0v) is 11.3. The van der Waals surface area contributed by atoms with Gasteiger partial charge in [0.2, 0.25) is 0 Å². The van der Waals surface area contributed by atoms with Crippen LogP contribution in [0.15, 0.2) is 18.3 Å². The Kier molecular flexibility index (Phi) is 3.13. The lowest BCUT2D eigenvalue weighted by molar-refractivity contribution is 0.00578. The summed E-state index contributed by atoms with van der Waals surface area (Å²) in [6.45, 7) is 7.97. The Morgan fingerprint density at radius 2 is 1.78 bits per heavy atom. The molecule has 1 aromatic heterocycles. The molecule has 0 spiro atoms. The fraction of sp³-hybridized carbons (Fsp3) is 0.583. The monoisotopic (exact) mass is 249 g/mol. The smallest absolute Gasteiger partial charge is 0.402 e. The number of hydrogen-bond acceptors (Lipinski definition) is 5. The van der Waals surface area contributed by atoms with Crippen LogP contribution in [-0.4, -0.2) is 23.3 Å². The molecule has 0 aliphatic carbocycles. The molecule has 18 heavy (non-hydrogen) atoms. The molecule has 2 heterocycles. The predicted molar refractivity (Wildman–Crippen MR) is 71.7 cm³/mol. The number of nitrogens with two attached hydrogens (primary N) is 2. The van der Waals surface area contributed by atoms with E-state index >= 15 is 0 Å². The lowest BCUT2D eigenvalue weighted by atomic mass is 9.75. The maximum absolute atomic E-state index is 6.17. The van der Waals surface area contributed by atoms with Gasteiger partial charge >= 0.3 is 7.12 Å².